The zero-order valence-corrected chi connectivity index (χ0v) is 9.75. The van der Waals surface area contributed by atoms with Gasteiger partial charge in [-0.3, -0.25) is 4.79 Å². The number of rotatable bonds is 4. The number of carbonyl (C=O) groups is 1. The molecule has 0 bridgehead atoms. The summed E-state index contributed by atoms with van der Waals surface area (Å²) >= 11 is 3.27. The maximum absolute atomic E-state index is 11.7. The number of hydrogen-bond acceptors (Lipinski definition) is 3. The molecule has 15 heavy (non-hydrogen) atoms. The number of nitrogen functional groups attached to an aromatic ring is 1. The van der Waals surface area contributed by atoms with E-state index in [-0.39, 0.29) is 12.5 Å². The third-order valence-corrected chi connectivity index (χ3v) is 2.55. The third-order valence-electron chi connectivity index (χ3n) is 1.89. The molecule has 1 aromatic rings. The number of aliphatic hydroxyl groups excluding tert-OH is 1. The molecular weight excluding hydrogens is 260 g/mol. The van der Waals surface area contributed by atoms with Gasteiger partial charge in [-0.2, -0.15) is 0 Å². The van der Waals surface area contributed by atoms with Gasteiger partial charge < -0.3 is 16.2 Å². The lowest BCUT2D eigenvalue weighted by Crippen LogP contribution is -2.26. The van der Waals surface area contributed by atoms with Gasteiger partial charge in [-0.1, -0.05) is 6.07 Å². The predicted molar refractivity (Wildman–Crippen MR) is 62.6 cm³/mol. The van der Waals surface area contributed by atoms with Crippen molar-refractivity contribution in [1.82, 2.24) is 5.32 Å². The van der Waals surface area contributed by atoms with Crippen molar-refractivity contribution in [2.75, 3.05) is 18.9 Å². The number of aliphatic hydroxyl groups is 1. The van der Waals surface area contributed by atoms with E-state index in [9.17, 15) is 4.79 Å². The number of hydrogen-bond donors (Lipinski definition) is 3. The molecule has 0 aliphatic rings. The molecule has 1 aromatic carbocycles. The summed E-state index contributed by atoms with van der Waals surface area (Å²) < 4.78 is 0.670. The average molecular weight is 273 g/mol. The van der Waals surface area contributed by atoms with Crippen LogP contribution >= 0.6 is 15.9 Å². The van der Waals surface area contributed by atoms with E-state index < -0.39 is 0 Å². The molecule has 82 valence electrons. The molecule has 0 aliphatic carbocycles. The molecule has 0 fully saturated rings. The summed E-state index contributed by atoms with van der Waals surface area (Å²) in [7, 11) is 0. The van der Waals surface area contributed by atoms with Crippen LogP contribution in [0, 0.1) is 0 Å². The van der Waals surface area contributed by atoms with Crippen molar-refractivity contribution in [3.05, 3.63) is 28.2 Å². The van der Waals surface area contributed by atoms with Gasteiger partial charge in [0.05, 0.1) is 5.56 Å². The fourth-order valence-electron chi connectivity index (χ4n) is 1.15. The van der Waals surface area contributed by atoms with Crippen LogP contribution in [0.4, 0.5) is 5.69 Å². The lowest BCUT2D eigenvalue weighted by molar-refractivity contribution is 0.0951. The molecule has 0 saturated heterocycles. The van der Waals surface area contributed by atoms with Crippen LogP contribution in [0.1, 0.15) is 16.8 Å². The SMILES string of the molecule is Nc1cccc(Br)c1C(=O)NCCCO. The first-order chi connectivity index (χ1) is 7.16. The minimum atomic E-state index is -0.228. The third kappa shape index (κ3) is 3.21. The highest BCUT2D eigenvalue weighted by molar-refractivity contribution is 9.10. The maximum Gasteiger partial charge on any atom is 0.254 e. The monoisotopic (exact) mass is 272 g/mol. The molecule has 1 rings (SSSR count). The van der Waals surface area contributed by atoms with E-state index in [1.54, 1.807) is 18.2 Å². The number of carbonyl (C=O) groups excluding carboxylic acids is 1. The molecule has 4 N–H and O–H groups in total. The summed E-state index contributed by atoms with van der Waals surface area (Å²) in [6.07, 6.45) is 0.538. The predicted octanol–water partition coefficient (Wildman–Crippen LogP) is 1.14. The highest BCUT2D eigenvalue weighted by atomic mass is 79.9. The van der Waals surface area contributed by atoms with Crippen LogP contribution in [0.2, 0.25) is 0 Å². The summed E-state index contributed by atoms with van der Waals surface area (Å²) in [5, 5.41) is 11.2. The maximum atomic E-state index is 11.7. The minimum Gasteiger partial charge on any atom is -0.398 e. The highest BCUT2D eigenvalue weighted by Gasteiger charge is 2.12. The molecule has 0 atom stereocenters. The summed E-state index contributed by atoms with van der Waals surface area (Å²) in [6, 6.07) is 5.20. The summed E-state index contributed by atoms with van der Waals surface area (Å²) in [5.74, 6) is -0.228. The van der Waals surface area contributed by atoms with Crippen LogP contribution in [0.25, 0.3) is 0 Å². The van der Waals surface area contributed by atoms with Gasteiger partial charge >= 0.3 is 0 Å². The van der Waals surface area contributed by atoms with Gasteiger partial charge in [0.15, 0.2) is 0 Å². The molecule has 1 amide bonds. The van der Waals surface area contributed by atoms with E-state index >= 15 is 0 Å². The van der Waals surface area contributed by atoms with Crippen molar-refractivity contribution >= 4 is 27.5 Å². The van der Waals surface area contributed by atoms with E-state index in [1.165, 1.54) is 0 Å². The molecule has 0 aliphatic heterocycles. The second-order valence-electron chi connectivity index (χ2n) is 3.04. The van der Waals surface area contributed by atoms with Gasteiger partial charge in [0.25, 0.3) is 5.91 Å². The van der Waals surface area contributed by atoms with Crippen LogP contribution < -0.4 is 11.1 Å². The number of benzene rings is 1. The Hall–Kier alpha value is -1.07. The Bertz CT molecular complexity index is 335. The number of amides is 1. The molecular formula is C10H13BrN2O2. The van der Waals surface area contributed by atoms with Crippen molar-refractivity contribution < 1.29 is 9.90 Å². The molecule has 5 heteroatoms. The molecule has 0 saturated carbocycles. The standard InChI is InChI=1S/C10H13BrN2O2/c11-7-3-1-4-8(12)9(7)10(15)13-5-2-6-14/h1,3-4,14H,2,5-6,12H2,(H,13,15). The largest absolute Gasteiger partial charge is 0.398 e. The Morgan fingerprint density at radius 3 is 2.87 bits per heavy atom. The summed E-state index contributed by atoms with van der Waals surface area (Å²) in [5.41, 5.74) is 6.56. The number of anilines is 1. The van der Waals surface area contributed by atoms with E-state index in [2.05, 4.69) is 21.2 Å². The number of halogens is 1. The molecule has 0 unspecified atom stereocenters. The van der Waals surface area contributed by atoms with Gasteiger partial charge in [0.2, 0.25) is 0 Å². The summed E-state index contributed by atoms with van der Waals surface area (Å²) in [6.45, 7) is 0.502. The number of nitrogens with one attached hydrogen (secondary N) is 1. The second kappa shape index (κ2) is 5.72. The smallest absolute Gasteiger partial charge is 0.254 e. The van der Waals surface area contributed by atoms with E-state index in [0.29, 0.717) is 28.7 Å². The van der Waals surface area contributed by atoms with Crippen molar-refractivity contribution in [2.24, 2.45) is 0 Å². The Labute approximate surface area is 96.6 Å². The van der Waals surface area contributed by atoms with E-state index in [0.717, 1.165) is 0 Å². The quantitative estimate of drug-likeness (QED) is 0.569. The van der Waals surface area contributed by atoms with Gasteiger partial charge in [-0.15, -0.1) is 0 Å². The van der Waals surface area contributed by atoms with Gasteiger partial charge in [-0.05, 0) is 34.5 Å². The van der Waals surface area contributed by atoms with E-state index in [4.69, 9.17) is 10.8 Å². The van der Waals surface area contributed by atoms with Gasteiger partial charge in [0, 0.05) is 23.3 Å². The van der Waals surface area contributed by atoms with Crippen LogP contribution in [0.3, 0.4) is 0 Å². The van der Waals surface area contributed by atoms with Gasteiger partial charge in [-0.25, -0.2) is 0 Å². The fourth-order valence-corrected chi connectivity index (χ4v) is 1.71. The Balaban J connectivity index is 2.73. The Morgan fingerprint density at radius 1 is 1.53 bits per heavy atom. The second-order valence-corrected chi connectivity index (χ2v) is 3.89. The molecule has 4 nitrogen and oxygen atoms in total. The normalized spacial score (nSPS) is 10.0. The van der Waals surface area contributed by atoms with Crippen LogP contribution in [-0.4, -0.2) is 24.2 Å². The zero-order chi connectivity index (χ0) is 11.3. The van der Waals surface area contributed by atoms with Gasteiger partial charge in [0.1, 0.15) is 0 Å². The molecule has 0 radical (unpaired) electrons. The highest BCUT2D eigenvalue weighted by Crippen LogP contribution is 2.21. The lowest BCUT2D eigenvalue weighted by Gasteiger charge is -2.08. The Kier molecular flexibility index (Phi) is 4.58. The fraction of sp³-hybridized carbons (Fsp3) is 0.300. The topological polar surface area (TPSA) is 75.4 Å². The zero-order valence-electron chi connectivity index (χ0n) is 8.16. The molecule has 0 aromatic heterocycles. The van der Waals surface area contributed by atoms with Crippen molar-refractivity contribution in [3.8, 4) is 0 Å². The molecule has 0 spiro atoms. The first-order valence-corrected chi connectivity index (χ1v) is 5.39. The van der Waals surface area contributed by atoms with Crippen molar-refractivity contribution in [3.63, 3.8) is 0 Å². The Morgan fingerprint density at radius 2 is 2.27 bits per heavy atom. The number of nitrogens with two attached hydrogens (primary N) is 1. The minimum absolute atomic E-state index is 0.0612. The van der Waals surface area contributed by atoms with Crippen molar-refractivity contribution in [2.45, 2.75) is 6.42 Å². The van der Waals surface area contributed by atoms with Crippen LogP contribution in [0.5, 0.6) is 0 Å². The first-order valence-electron chi connectivity index (χ1n) is 4.60. The lowest BCUT2D eigenvalue weighted by atomic mass is 10.1. The van der Waals surface area contributed by atoms with E-state index in [1.807, 2.05) is 0 Å². The van der Waals surface area contributed by atoms with Crippen LogP contribution in [0.15, 0.2) is 22.7 Å². The van der Waals surface area contributed by atoms with Crippen molar-refractivity contribution in [1.29, 1.82) is 0 Å². The first kappa shape index (κ1) is 12.0. The van der Waals surface area contributed by atoms with Crippen LogP contribution in [-0.2, 0) is 0 Å². The average Bonchev–Trinajstić information content (AvgIpc) is 2.18. The molecule has 0 heterocycles. The summed E-state index contributed by atoms with van der Waals surface area (Å²) in [4.78, 5) is 11.7.